The lowest BCUT2D eigenvalue weighted by Crippen LogP contribution is -2.32. The van der Waals surface area contributed by atoms with Crippen molar-refractivity contribution in [2.45, 2.75) is 38.6 Å². The van der Waals surface area contributed by atoms with Gasteiger partial charge in [0.25, 0.3) is 0 Å². The van der Waals surface area contributed by atoms with E-state index in [1.807, 2.05) is 41.3 Å². The number of hydrogen-bond acceptors (Lipinski definition) is 6. The lowest BCUT2D eigenvalue weighted by Gasteiger charge is -2.22. The molecule has 3 aromatic rings. The summed E-state index contributed by atoms with van der Waals surface area (Å²) in [4.78, 5) is 14.9. The van der Waals surface area contributed by atoms with Gasteiger partial charge < -0.3 is 18.8 Å². The molecule has 0 bridgehead atoms. The van der Waals surface area contributed by atoms with Crippen LogP contribution in [0.3, 0.4) is 0 Å². The number of nitrogens with zero attached hydrogens (tertiary/aromatic N) is 3. The first-order valence-electron chi connectivity index (χ1n) is 11.0. The highest BCUT2D eigenvalue weighted by molar-refractivity contribution is 5.76. The van der Waals surface area contributed by atoms with E-state index in [0.29, 0.717) is 43.5 Å². The minimum absolute atomic E-state index is 0.120. The molecular weight excluding hydrogens is 406 g/mol. The number of ether oxygens (including phenoxy) is 2. The van der Waals surface area contributed by atoms with E-state index in [-0.39, 0.29) is 5.91 Å². The highest BCUT2D eigenvalue weighted by atomic mass is 16.5. The summed E-state index contributed by atoms with van der Waals surface area (Å²) >= 11 is 0. The number of hydrogen-bond donors (Lipinski definition) is 0. The molecule has 0 unspecified atom stereocenters. The molecule has 4 rings (SSSR count). The third kappa shape index (κ3) is 5.87. The zero-order valence-electron chi connectivity index (χ0n) is 18.6. The lowest BCUT2D eigenvalue weighted by atomic mass is 10.1. The van der Waals surface area contributed by atoms with Crippen molar-refractivity contribution in [3.8, 4) is 11.5 Å². The molecule has 0 saturated heterocycles. The van der Waals surface area contributed by atoms with Crippen LogP contribution in [-0.4, -0.2) is 41.8 Å². The van der Waals surface area contributed by atoms with Crippen LogP contribution in [0.2, 0.25) is 0 Å². The second-order valence-corrected chi connectivity index (χ2v) is 8.15. The van der Waals surface area contributed by atoms with Crippen LogP contribution in [0.5, 0.6) is 11.5 Å². The molecule has 1 aromatic heterocycles. The number of carbonyl (C=O) groups excluding carboxylic acids is 1. The van der Waals surface area contributed by atoms with Crippen LogP contribution in [0.15, 0.2) is 52.9 Å². The van der Waals surface area contributed by atoms with Gasteiger partial charge in [-0.2, -0.15) is 0 Å². The van der Waals surface area contributed by atoms with Crippen molar-refractivity contribution in [3.63, 3.8) is 0 Å². The van der Waals surface area contributed by atoms with Gasteiger partial charge in [-0.1, -0.05) is 30.3 Å². The number of aryl methyl sites for hydroxylation is 1. The Kier molecular flexibility index (Phi) is 7.04. The van der Waals surface area contributed by atoms with Crippen molar-refractivity contribution in [2.24, 2.45) is 5.92 Å². The topological polar surface area (TPSA) is 77.7 Å². The molecule has 2 aromatic carbocycles. The van der Waals surface area contributed by atoms with E-state index < -0.39 is 0 Å². The molecule has 1 fully saturated rings. The van der Waals surface area contributed by atoms with Crippen LogP contribution in [0, 0.1) is 5.92 Å². The Hall–Kier alpha value is -3.35. The smallest absolute Gasteiger partial charge is 0.223 e. The molecule has 32 heavy (non-hydrogen) atoms. The van der Waals surface area contributed by atoms with Gasteiger partial charge in [0.15, 0.2) is 0 Å². The first-order chi connectivity index (χ1) is 15.6. The van der Waals surface area contributed by atoms with E-state index in [0.717, 1.165) is 29.2 Å². The van der Waals surface area contributed by atoms with E-state index in [2.05, 4.69) is 22.3 Å². The summed E-state index contributed by atoms with van der Waals surface area (Å²) in [5.74, 6) is 3.18. The molecule has 7 nitrogen and oxygen atoms in total. The van der Waals surface area contributed by atoms with Gasteiger partial charge in [0.1, 0.15) is 11.5 Å². The minimum Gasteiger partial charge on any atom is -0.497 e. The van der Waals surface area contributed by atoms with E-state index in [9.17, 15) is 4.79 Å². The first-order valence-corrected chi connectivity index (χ1v) is 11.0. The quantitative estimate of drug-likeness (QED) is 0.452. The summed E-state index contributed by atoms with van der Waals surface area (Å²) < 4.78 is 16.5. The van der Waals surface area contributed by atoms with Gasteiger partial charge in [0, 0.05) is 31.5 Å². The van der Waals surface area contributed by atoms with Crippen LogP contribution >= 0.6 is 0 Å². The molecule has 0 aliphatic heterocycles. The predicted molar refractivity (Wildman–Crippen MR) is 120 cm³/mol. The van der Waals surface area contributed by atoms with Crippen molar-refractivity contribution < 1.29 is 18.7 Å². The number of amides is 1. The molecule has 0 atom stereocenters. The van der Waals surface area contributed by atoms with Crippen molar-refractivity contribution in [1.29, 1.82) is 0 Å². The standard InChI is InChI=1S/C25H29N3O4/c1-30-21-10-11-22(31-2)20(14-21)15-24-27-26-23(32-24)12-13-25(29)28(17-19-8-9-19)16-18-6-4-3-5-7-18/h3-7,10-11,14,19H,8-9,12-13,15-17H2,1-2H3. The third-order valence-corrected chi connectivity index (χ3v) is 5.64. The fourth-order valence-corrected chi connectivity index (χ4v) is 3.69. The molecule has 1 heterocycles. The number of aromatic nitrogens is 2. The highest BCUT2D eigenvalue weighted by Gasteiger charge is 2.27. The average molecular weight is 436 g/mol. The Balaban J connectivity index is 1.36. The summed E-state index contributed by atoms with van der Waals surface area (Å²) in [6, 6.07) is 15.7. The zero-order valence-corrected chi connectivity index (χ0v) is 18.6. The number of rotatable bonds is 11. The highest BCUT2D eigenvalue weighted by Crippen LogP contribution is 2.30. The predicted octanol–water partition coefficient (Wildman–Crippen LogP) is 4.05. The van der Waals surface area contributed by atoms with E-state index >= 15 is 0 Å². The Morgan fingerprint density at radius 2 is 1.84 bits per heavy atom. The van der Waals surface area contributed by atoms with Gasteiger partial charge in [0.05, 0.1) is 20.6 Å². The Labute approximate surface area is 188 Å². The second-order valence-electron chi connectivity index (χ2n) is 8.15. The molecule has 7 heteroatoms. The molecule has 1 aliphatic rings. The maximum absolute atomic E-state index is 12.9. The maximum Gasteiger partial charge on any atom is 0.223 e. The molecular formula is C25H29N3O4. The van der Waals surface area contributed by atoms with Crippen LogP contribution < -0.4 is 9.47 Å². The van der Waals surface area contributed by atoms with Crippen LogP contribution in [0.25, 0.3) is 0 Å². The van der Waals surface area contributed by atoms with Crippen LogP contribution in [-0.2, 0) is 24.2 Å². The summed E-state index contributed by atoms with van der Waals surface area (Å²) in [6.07, 6.45) is 3.63. The molecule has 0 radical (unpaired) electrons. The van der Waals surface area contributed by atoms with E-state index in [4.69, 9.17) is 13.9 Å². The minimum atomic E-state index is 0.120. The van der Waals surface area contributed by atoms with Gasteiger partial charge in [0.2, 0.25) is 17.7 Å². The molecule has 0 spiro atoms. The molecule has 168 valence electrons. The maximum atomic E-state index is 12.9. The number of methoxy groups -OCH3 is 2. The van der Waals surface area contributed by atoms with Crippen molar-refractivity contribution in [1.82, 2.24) is 15.1 Å². The monoisotopic (exact) mass is 435 g/mol. The van der Waals surface area contributed by atoms with Crippen molar-refractivity contribution >= 4 is 5.91 Å². The summed E-state index contributed by atoms with van der Waals surface area (Å²) in [5.41, 5.74) is 2.05. The third-order valence-electron chi connectivity index (χ3n) is 5.64. The fraction of sp³-hybridized carbons (Fsp3) is 0.400. The SMILES string of the molecule is COc1ccc(OC)c(Cc2nnc(CCC(=O)N(Cc3ccccc3)CC3CC3)o2)c1. The molecule has 0 N–H and O–H groups in total. The van der Waals surface area contributed by atoms with Gasteiger partial charge in [-0.05, 0) is 42.5 Å². The van der Waals surface area contributed by atoms with Gasteiger partial charge >= 0.3 is 0 Å². The second kappa shape index (κ2) is 10.3. The van der Waals surface area contributed by atoms with E-state index in [1.54, 1.807) is 14.2 Å². The van der Waals surface area contributed by atoms with E-state index in [1.165, 1.54) is 12.8 Å². The van der Waals surface area contributed by atoms with Crippen LogP contribution in [0.4, 0.5) is 0 Å². The molecule has 1 amide bonds. The molecule has 1 saturated carbocycles. The Bertz CT molecular complexity index is 1030. The summed E-state index contributed by atoms with van der Waals surface area (Å²) in [7, 11) is 3.25. The van der Waals surface area contributed by atoms with Gasteiger partial charge in [-0.15, -0.1) is 10.2 Å². The zero-order chi connectivity index (χ0) is 22.3. The van der Waals surface area contributed by atoms with Crippen molar-refractivity contribution in [3.05, 3.63) is 71.4 Å². The average Bonchev–Trinajstić information content (AvgIpc) is 3.53. The largest absolute Gasteiger partial charge is 0.497 e. The van der Waals surface area contributed by atoms with Crippen molar-refractivity contribution in [2.75, 3.05) is 20.8 Å². The Morgan fingerprint density at radius 3 is 2.56 bits per heavy atom. The van der Waals surface area contributed by atoms with Gasteiger partial charge in [-0.3, -0.25) is 4.79 Å². The number of carbonyl (C=O) groups is 1. The lowest BCUT2D eigenvalue weighted by molar-refractivity contribution is -0.132. The van der Waals surface area contributed by atoms with Crippen LogP contribution in [0.1, 0.15) is 42.2 Å². The normalized spacial score (nSPS) is 13.1. The first kappa shape index (κ1) is 21.9. The summed E-state index contributed by atoms with van der Waals surface area (Å²) in [6.45, 7) is 1.46. The number of benzene rings is 2. The van der Waals surface area contributed by atoms with Gasteiger partial charge in [-0.25, -0.2) is 0 Å². The summed E-state index contributed by atoms with van der Waals surface area (Å²) in [5, 5.41) is 8.29. The molecule has 1 aliphatic carbocycles. The Morgan fingerprint density at radius 1 is 1.06 bits per heavy atom. The fourth-order valence-electron chi connectivity index (χ4n) is 3.69.